The molecule has 0 atom stereocenters. The monoisotopic (exact) mass is 383 g/mol. The number of ether oxygens (including phenoxy) is 2. The van der Waals surface area contributed by atoms with Crippen molar-refractivity contribution in [3.63, 3.8) is 0 Å². The van der Waals surface area contributed by atoms with E-state index in [-0.39, 0.29) is 34.9 Å². The Balaban J connectivity index is 2.68. The zero-order valence-electron chi connectivity index (χ0n) is 14.4. The summed E-state index contributed by atoms with van der Waals surface area (Å²) < 4.78 is 49.6. The number of benzene rings is 2. The van der Waals surface area contributed by atoms with E-state index < -0.39 is 21.8 Å². The molecule has 0 radical (unpaired) electrons. The molecule has 0 aliphatic heterocycles. The second-order valence-electron chi connectivity index (χ2n) is 5.39. The summed E-state index contributed by atoms with van der Waals surface area (Å²) in [6.45, 7) is -0.374. The Morgan fingerprint density at radius 1 is 1.15 bits per heavy atom. The fourth-order valence-corrected chi connectivity index (χ4v) is 3.29. The lowest BCUT2D eigenvalue weighted by Gasteiger charge is -2.25. The van der Waals surface area contributed by atoms with Crippen LogP contribution in [-0.2, 0) is 16.6 Å². The molecule has 7 nitrogen and oxygen atoms in total. The topological polar surface area (TPSA) is 93.1 Å². The van der Waals surface area contributed by atoms with Gasteiger partial charge in [-0.25, -0.2) is 17.6 Å². The van der Waals surface area contributed by atoms with Crippen LogP contribution in [0.5, 0.6) is 11.5 Å². The van der Waals surface area contributed by atoms with Gasteiger partial charge in [0.2, 0.25) is 10.0 Å². The van der Waals surface area contributed by atoms with Gasteiger partial charge in [0.1, 0.15) is 5.82 Å². The Kier molecular flexibility index (Phi) is 5.71. The van der Waals surface area contributed by atoms with Crippen LogP contribution in [0.3, 0.4) is 0 Å². The lowest BCUT2D eigenvalue weighted by molar-refractivity contribution is 0.0697. The number of aromatic carboxylic acids is 1. The molecule has 0 amide bonds. The molecule has 1 N–H and O–H groups in total. The highest BCUT2D eigenvalue weighted by Crippen LogP contribution is 2.37. The second-order valence-corrected chi connectivity index (χ2v) is 7.30. The molecule has 0 aliphatic carbocycles. The zero-order chi connectivity index (χ0) is 19.5. The number of sulfonamides is 1. The lowest BCUT2D eigenvalue weighted by Crippen LogP contribution is -2.31. The van der Waals surface area contributed by atoms with E-state index in [2.05, 4.69) is 0 Å². The highest BCUT2D eigenvalue weighted by atomic mass is 32.2. The number of carbonyl (C=O) groups is 1. The van der Waals surface area contributed by atoms with Gasteiger partial charge in [-0.2, -0.15) is 0 Å². The number of carboxylic acid groups (broad SMARTS) is 1. The maximum atomic E-state index is 14.0. The summed E-state index contributed by atoms with van der Waals surface area (Å²) in [7, 11) is -1.26. The van der Waals surface area contributed by atoms with Crippen molar-refractivity contribution in [1.82, 2.24) is 0 Å². The molecule has 9 heteroatoms. The number of nitrogens with zero attached hydrogens (tertiary/aromatic N) is 1. The Morgan fingerprint density at radius 2 is 1.73 bits per heavy atom. The molecule has 0 aliphatic rings. The minimum atomic E-state index is -3.93. The number of halogens is 1. The number of hydrogen-bond donors (Lipinski definition) is 1. The van der Waals surface area contributed by atoms with Crippen molar-refractivity contribution in [3.8, 4) is 11.5 Å². The van der Waals surface area contributed by atoms with Crippen LogP contribution in [0.4, 0.5) is 10.1 Å². The van der Waals surface area contributed by atoms with Crippen LogP contribution in [0.2, 0.25) is 0 Å². The lowest BCUT2D eigenvalue weighted by atomic mass is 10.1. The van der Waals surface area contributed by atoms with E-state index in [0.29, 0.717) is 0 Å². The maximum absolute atomic E-state index is 14.0. The molecule has 0 fully saturated rings. The average Bonchev–Trinajstić information content (AvgIpc) is 2.58. The van der Waals surface area contributed by atoms with Gasteiger partial charge in [0.25, 0.3) is 0 Å². The van der Waals surface area contributed by atoms with Crippen molar-refractivity contribution in [2.75, 3.05) is 24.8 Å². The Morgan fingerprint density at radius 3 is 2.23 bits per heavy atom. The Hall–Kier alpha value is -2.81. The second kappa shape index (κ2) is 7.61. The fraction of sp³-hybridized carbons (Fsp3) is 0.235. The van der Waals surface area contributed by atoms with E-state index in [9.17, 15) is 22.7 Å². The summed E-state index contributed by atoms with van der Waals surface area (Å²) in [6, 6.07) is 8.06. The van der Waals surface area contributed by atoms with E-state index >= 15 is 0 Å². The molecular weight excluding hydrogens is 365 g/mol. The highest BCUT2D eigenvalue weighted by molar-refractivity contribution is 7.92. The van der Waals surface area contributed by atoms with Crippen LogP contribution in [0, 0.1) is 5.82 Å². The fourth-order valence-electron chi connectivity index (χ4n) is 2.41. The van der Waals surface area contributed by atoms with Gasteiger partial charge < -0.3 is 14.6 Å². The van der Waals surface area contributed by atoms with Crippen LogP contribution in [0.15, 0.2) is 36.4 Å². The van der Waals surface area contributed by atoms with Gasteiger partial charge in [-0.05, 0) is 6.07 Å². The first-order chi connectivity index (χ1) is 12.2. The molecule has 2 aromatic rings. The van der Waals surface area contributed by atoms with Crippen molar-refractivity contribution < 1.29 is 32.2 Å². The van der Waals surface area contributed by atoms with Gasteiger partial charge in [0.15, 0.2) is 11.5 Å². The van der Waals surface area contributed by atoms with Crippen molar-refractivity contribution >= 4 is 21.7 Å². The quantitative estimate of drug-likeness (QED) is 0.790. The summed E-state index contributed by atoms with van der Waals surface area (Å²) in [5.41, 5.74) is -0.366. The third-order valence-electron chi connectivity index (χ3n) is 3.67. The van der Waals surface area contributed by atoms with E-state index in [4.69, 9.17) is 9.47 Å². The minimum Gasteiger partial charge on any atom is -0.493 e. The van der Waals surface area contributed by atoms with Crippen molar-refractivity contribution in [3.05, 3.63) is 53.3 Å². The van der Waals surface area contributed by atoms with Gasteiger partial charge in [-0.1, -0.05) is 18.2 Å². The molecule has 26 heavy (non-hydrogen) atoms. The Labute approximate surface area is 150 Å². The number of hydrogen-bond acceptors (Lipinski definition) is 5. The van der Waals surface area contributed by atoms with Crippen molar-refractivity contribution in [2.45, 2.75) is 6.54 Å². The molecule has 0 bridgehead atoms. The standard InChI is InChI=1S/C17H18FNO6S/c1-24-15-8-12(17(20)21)14(9-16(15)25-2)19(26(3,22)23)10-11-6-4-5-7-13(11)18/h4-9H,10H2,1-3H3,(H,20,21). The number of carboxylic acids is 1. The largest absolute Gasteiger partial charge is 0.493 e. The summed E-state index contributed by atoms with van der Waals surface area (Å²) in [5, 5.41) is 9.49. The first-order valence-corrected chi connectivity index (χ1v) is 9.24. The van der Waals surface area contributed by atoms with Gasteiger partial charge >= 0.3 is 5.97 Å². The SMILES string of the molecule is COc1cc(C(=O)O)c(N(Cc2ccccc2F)S(C)(=O)=O)cc1OC. The van der Waals surface area contributed by atoms with E-state index in [1.54, 1.807) is 6.07 Å². The van der Waals surface area contributed by atoms with E-state index in [1.165, 1.54) is 38.5 Å². The number of rotatable bonds is 7. The van der Waals surface area contributed by atoms with Crippen molar-refractivity contribution in [1.29, 1.82) is 0 Å². The first kappa shape index (κ1) is 19.5. The van der Waals surface area contributed by atoms with E-state index in [0.717, 1.165) is 16.6 Å². The molecule has 0 unspecified atom stereocenters. The highest BCUT2D eigenvalue weighted by Gasteiger charge is 2.27. The molecule has 0 aromatic heterocycles. The van der Waals surface area contributed by atoms with Crippen LogP contribution in [-0.4, -0.2) is 40.0 Å². The molecule has 0 saturated heterocycles. The van der Waals surface area contributed by atoms with Gasteiger partial charge in [-0.3, -0.25) is 4.31 Å². The van der Waals surface area contributed by atoms with Gasteiger partial charge in [0.05, 0.1) is 38.3 Å². The third kappa shape index (κ3) is 4.05. The molecule has 0 heterocycles. The van der Waals surface area contributed by atoms with Gasteiger partial charge in [0, 0.05) is 17.7 Å². The number of methoxy groups -OCH3 is 2. The molecule has 0 spiro atoms. The minimum absolute atomic E-state index is 0.101. The van der Waals surface area contributed by atoms with Crippen LogP contribution < -0.4 is 13.8 Å². The molecular formula is C17H18FNO6S. The third-order valence-corrected chi connectivity index (χ3v) is 4.80. The molecule has 0 saturated carbocycles. The van der Waals surface area contributed by atoms with Crippen molar-refractivity contribution in [2.24, 2.45) is 0 Å². The Bertz CT molecular complexity index is 929. The summed E-state index contributed by atoms with van der Waals surface area (Å²) in [5.74, 6) is -1.68. The zero-order valence-corrected chi connectivity index (χ0v) is 15.2. The maximum Gasteiger partial charge on any atom is 0.337 e. The smallest absolute Gasteiger partial charge is 0.337 e. The number of anilines is 1. The normalized spacial score (nSPS) is 11.1. The predicted molar refractivity (Wildman–Crippen MR) is 93.9 cm³/mol. The van der Waals surface area contributed by atoms with Crippen LogP contribution >= 0.6 is 0 Å². The average molecular weight is 383 g/mol. The van der Waals surface area contributed by atoms with Crippen LogP contribution in [0.25, 0.3) is 0 Å². The predicted octanol–water partition coefficient (Wildman–Crippen LogP) is 2.51. The van der Waals surface area contributed by atoms with E-state index in [1.807, 2.05) is 0 Å². The first-order valence-electron chi connectivity index (χ1n) is 7.39. The molecule has 2 rings (SSSR count). The summed E-state index contributed by atoms with van der Waals surface area (Å²) in [6.07, 6.45) is 0.913. The molecule has 2 aromatic carbocycles. The molecule has 140 valence electrons. The van der Waals surface area contributed by atoms with Crippen LogP contribution in [0.1, 0.15) is 15.9 Å². The summed E-state index contributed by atoms with van der Waals surface area (Å²) in [4.78, 5) is 11.6. The summed E-state index contributed by atoms with van der Waals surface area (Å²) >= 11 is 0. The van der Waals surface area contributed by atoms with Gasteiger partial charge in [-0.15, -0.1) is 0 Å².